The van der Waals surface area contributed by atoms with Crippen molar-refractivity contribution in [1.29, 1.82) is 0 Å². The topological polar surface area (TPSA) is 64.6 Å². The lowest BCUT2D eigenvalue weighted by Crippen LogP contribution is -2.32. The molecule has 0 spiro atoms. The van der Waals surface area contributed by atoms with E-state index in [0.29, 0.717) is 34.7 Å². The van der Waals surface area contributed by atoms with E-state index in [2.05, 4.69) is 26.1 Å². The fourth-order valence-corrected chi connectivity index (χ4v) is 3.41. The largest absolute Gasteiger partial charge is 0.497 e. The molecule has 0 aliphatic heterocycles. The van der Waals surface area contributed by atoms with Gasteiger partial charge in [0.05, 0.1) is 7.11 Å². The Balaban J connectivity index is 1.71. The summed E-state index contributed by atoms with van der Waals surface area (Å²) in [6.07, 6.45) is -0.191. The number of carbonyl (C=O) groups is 2. The van der Waals surface area contributed by atoms with Crippen LogP contribution in [0.25, 0.3) is 0 Å². The van der Waals surface area contributed by atoms with Gasteiger partial charge in [0, 0.05) is 22.9 Å². The molecule has 5 heteroatoms. The van der Waals surface area contributed by atoms with E-state index in [4.69, 9.17) is 9.47 Å². The molecule has 3 rings (SSSR count). The number of rotatable bonds is 8. The number of benzene rings is 3. The molecule has 0 aliphatic rings. The standard InChI is InChI=1S/C28H31NO4/c1-6-25(33-24-12-8-11-23(18-24)32-5)27(31)29-22-10-7-9-20(17-22)26(30)19-13-15-21(16-14-19)28(2,3)4/h7-18,25H,6H2,1-5H3,(H,29,31)/t25-/m0/s1. The zero-order valence-electron chi connectivity index (χ0n) is 19.8. The quantitative estimate of drug-likeness (QED) is 0.431. The molecule has 33 heavy (non-hydrogen) atoms. The summed E-state index contributed by atoms with van der Waals surface area (Å²) in [5, 5.41) is 2.87. The molecule has 1 N–H and O–H groups in total. The normalized spacial score (nSPS) is 12.0. The van der Waals surface area contributed by atoms with Crippen molar-refractivity contribution >= 4 is 17.4 Å². The van der Waals surface area contributed by atoms with E-state index >= 15 is 0 Å². The Morgan fingerprint density at radius 1 is 0.879 bits per heavy atom. The van der Waals surface area contributed by atoms with Gasteiger partial charge in [-0.3, -0.25) is 9.59 Å². The van der Waals surface area contributed by atoms with E-state index in [1.165, 1.54) is 5.56 Å². The van der Waals surface area contributed by atoms with E-state index < -0.39 is 6.10 Å². The third-order valence-electron chi connectivity index (χ3n) is 5.39. The molecule has 5 nitrogen and oxygen atoms in total. The molecule has 1 amide bonds. The highest BCUT2D eigenvalue weighted by Crippen LogP contribution is 2.24. The van der Waals surface area contributed by atoms with Crippen LogP contribution < -0.4 is 14.8 Å². The van der Waals surface area contributed by atoms with Crippen molar-refractivity contribution in [2.75, 3.05) is 12.4 Å². The van der Waals surface area contributed by atoms with E-state index in [1.54, 1.807) is 43.5 Å². The van der Waals surface area contributed by atoms with Gasteiger partial charge in [0.2, 0.25) is 0 Å². The highest BCUT2D eigenvalue weighted by molar-refractivity contribution is 6.09. The SMILES string of the molecule is CC[C@H](Oc1cccc(OC)c1)C(=O)Nc1cccc(C(=O)c2ccc(C(C)(C)C)cc2)c1. The van der Waals surface area contributed by atoms with Crippen molar-refractivity contribution < 1.29 is 19.1 Å². The van der Waals surface area contributed by atoms with Gasteiger partial charge in [0.15, 0.2) is 11.9 Å². The Bertz CT molecular complexity index is 1110. The van der Waals surface area contributed by atoms with Gasteiger partial charge in [-0.05, 0) is 41.7 Å². The fourth-order valence-electron chi connectivity index (χ4n) is 3.41. The third-order valence-corrected chi connectivity index (χ3v) is 5.39. The zero-order chi connectivity index (χ0) is 24.0. The van der Waals surface area contributed by atoms with Gasteiger partial charge in [0.1, 0.15) is 11.5 Å². The number of methoxy groups -OCH3 is 1. The first-order chi connectivity index (χ1) is 15.7. The van der Waals surface area contributed by atoms with E-state index in [-0.39, 0.29) is 17.1 Å². The van der Waals surface area contributed by atoms with Crippen LogP contribution in [0.5, 0.6) is 11.5 Å². The first-order valence-corrected chi connectivity index (χ1v) is 11.1. The Morgan fingerprint density at radius 3 is 2.18 bits per heavy atom. The molecule has 0 aliphatic carbocycles. The average molecular weight is 446 g/mol. The van der Waals surface area contributed by atoms with Gasteiger partial charge in [0.25, 0.3) is 5.91 Å². The second-order valence-electron chi connectivity index (χ2n) is 8.92. The predicted octanol–water partition coefficient (Wildman–Crippen LogP) is 6.02. The number of amides is 1. The van der Waals surface area contributed by atoms with Crippen LogP contribution in [0, 0.1) is 0 Å². The molecule has 0 bridgehead atoms. The number of ether oxygens (including phenoxy) is 2. The van der Waals surface area contributed by atoms with Crippen molar-refractivity contribution in [3.8, 4) is 11.5 Å². The van der Waals surface area contributed by atoms with Crippen LogP contribution in [-0.4, -0.2) is 24.9 Å². The van der Waals surface area contributed by atoms with Gasteiger partial charge in [-0.15, -0.1) is 0 Å². The molecule has 0 aromatic heterocycles. The maximum atomic E-state index is 13.0. The van der Waals surface area contributed by atoms with Crippen LogP contribution in [0.2, 0.25) is 0 Å². The number of nitrogens with one attached hydrogen (secondary N) is 1. The molecule has 0 radical (unpaired) electrons. The van der Waals surface area contributed by atoms with E-state index in [9.17, 15) is 9.59 Å². The molecule has 0 saturated carbocycles. The summed E-state index contributed by atoms with van der Waals surface area (Å²) in [6.45, 7) is 8.29. The Hall–Kier alpha value is -3.60. The molecule has 172 valence electrons. The third kappa shape index (κ3) is 6.22. The van der Waals surface area contributed by atoms with Crippen molar-refractivity contribution in [1.82, 2.24) is 0 Å². The molecular weight excluding hydrogens is 414 g/mol. The predicted molar refractivity (Wildman–Crippen MR) is 131 cm³/mol. The van der Waals surface area contributed by atoms with Gasteiger partial charge in [-0.25, -0.2) is 0 Å². The first kappa shape index (κ1) is 24.1. The van der Waals surface area contributed by atoms with Gasteiger partial charge >= 0.3 is 0 Å². The number of carbonyl (C=O) groups excluding carboxylic acids is 2. The number of hydrogen-bond donors (Lipinski definition) is 1. The Labute approximate surface area is 195 Å². The Morgan fingerprint density at radius 2 is 1.55 bits per heavy atom. The molecular formula is C28H31NO4. The monoisotopic (exact) mass is 445 g/mol. The van der Waals surface area contributed by atoms with E-state index in [1.807, 2.05) is 43.3 Å². The van der Waals surface area contributed by atoms with Crippen LogP contribution in [0.3, 0.4) is 0 Å². The van der Waals surface area contributed by atoms with Crippen molar-refractivity contribution in [2.24, 2.45) is 0 Å². The van der Waals surface area contributed by atoms with Gasteiger partial charge < -0.3 is 14.8 Å². The molecule has 1 atom stereocenters. The van der Waals surface area contributed by atoms with Crippen molar-refractivity contribution in [3.63, 3.8) is 0 Å². The summed E-state index contributed by atoms with van der Waals surface area (Å²) >= 11 is 0. The van der Waals surface area contributed by atoms with Crippen LogP contribution >= 0.6 is 0 Å². The lowest BCUT2D eigenvalue weighted by Gasteiger charge is -2.19. The summed E-state index contributed by atoms with van der Waals surface area (Å²) < 4.78 is 11.1. The summed E-state index contributed by atoms with van der Waals surface area (Å²) in [7, 11) is 1.58. The van der Waals surface area contributed by atoms with Crippen LogP contribution in [0.15, 0.2) is 72.8 Å². The average Bonchev–Trinajstić information content (AvgIpc) is 2.81. The lowest BCUT2D eigenvalue weighted by atomic mass is 9.86. The number of ketones is 1. The molecule has 0 saturated heterocycles. The maximum Gasteiger partial charge on any atom is 0.265 e. The molecule has 0 heterocycles. The zero-order valence-corrected chi connectivity index (χ0v) is 19.8. The van der Waals surface area contributed by atoms with Crippen LogP contribution in [-0.2, 0) is 10.2 Å². The highest BCUT2D eigenvalue weighted by Gasteiger charge is 2.20. The summed E-state index contributed by atoms with van der Waals surface area (Å²) in [5.41, 5.74) is 2.86. The van der Waals surface area contributed by atoms with E-state index in [0.717, 1.165) is 0 Å². The van der Waals surface area contributed by atoms with Gasteiger partial charge in [-0.2, -0.15) is 0 Å². The van der Waals surface area contributed by atoms with Crippen molar-refractivity contribution in [2.45, 2.75) is 45.6 Å². The molecule has 3 aromatic rings. The summed E-state index contributed by atoms with van der Waals surface area (Å²) in [6, 6.07) is 21.8. The number of hydrogen-bond acceptors (Lipinski definition) is 4. The lowest BCUT2D eigenvalue weighted by molar-refractivity contribution is -0.122. The first-order valence-electron chi connectivity index (χ1n) is 11.1. The minimum Gasteiger partial charge on any atom is -0.497 e. The second kappa shape index (κ2) is 10.3. The smallest absolute Gasteiger partial charge is 0.265 e. The molecule has 3 aromatic carbocycles. The highest BCUT2D eigenvalue weighted by atomic mass is 16.5. The van der Waals surface area contributed by atoms with Crippen LogP contribution in [0.1, 0.15) is 55.6 Å². The van der Waals surface area contributed by atoms with Crippen LogP contribution in [0.4, 0.5) is 5.69 Å². The minimum absolute atomic E-state index is 0.0224. The van der Waals surface area contributed by atoms with Gasteiger partial charge in [-0.1, -0.05) is 70.2 Å². The van der Waals surface area contributed by atoms with Crippen molar-refractivity contribution in [3.05, 3.63) is 89.5 Å². The molecule has 0 unspecified atom stereocenters. The maximum absolute atomic E-state index is 13.0. The second-order valence-corrected chi connectivity index (χ2v) is 8.92. The number of anilines is 1. The molecule has 0 fully saturated rings. The Kier molecular flexibility index (Phi) is 7.54. The minimum atomic E-state index is -0.679. The summed E-state index contributed by atoms with van der Waals surface area (Å²) in [4.78, 5) is 25.8. The summed E-state index contributed by atoms with van der Waals surface area (Å²) in [5.74, 6) is 0.842. The fraction of sp³-hybridized carbons (Fsp3) is 0.286.